The summed E-state index contributed by atoms with van der Waals surface area (Å²) in [6, 6.07) is 9.19. The van der Waals surface area contributed by atoms with Crippen LogP contribution in [0.15, 0.2) is 24.3 Å². The summed E-state index contributed by atoms with van der Waals surface area (Å²) in [7, 11) is 3.46. The van der Waals surface area contributed by atoms with Gasteiger partial charge in [0.2, 0.25) is 5.91 Å². The van der Waals surface area contributed by atoms with E-state index in [0.29, 0.717) is 17.9 Å². The van der Waals surface area contributed by atoms with E-state index in [-0.39, 0.29) is 29.3 Å². The Balaban J connectivity index is 1.64. The summed E-state index contributed by atoms with van der Waals surface area (Å²) >= 11 is 1.68. The predicted octanol–water partition coefficient (Wildman–Crippen LogP) is 1.61. The van der Waals surface area contributed by atoms with E-state index < -0.39 is 0 Å². The molecule has 6 nitrogen and oxygen atoms in total. The Morgan fingerprint density at radius 1 is 1.32 bits per heavy atom. The summed E-state index contributed by atoms with van der Waals surface area (Å²) in [5.74, 6) is 0.693. The second-order valence-electron chi connectivity index (χ2n) is 6.57. The molecular weight excluding hydrogens is 336 g/mol. The van der Waals surface area contributed by atoms with Crippen LogP contribution in [0.3, 0.4) is 0 Å². The van der Waals surface area contributed by atoms with Crippen LogP contribution >= 0.6 is 11.8 Å². The molecule has 3 rings (SSSR count). The molecule has 1 aromatic rings. The number of carbonyl (C=O) groups excluding carboxylic acids is 2. The maximum Gasteiger partial charge on any atom is 0.253 e. The van der Waals surface area contributed by atoms with Crippen LogP contribution in [0.4, 0.5) is 0 Å². The van der Waals surface area contributed by atoms with Gasteiger partial charge in [-0.05, 0) is 30.5 Å². The molecule has 1 unspecified atom stereocenters. The quantitative estimate of drug-likeness (QED) is 0.888. The highest BCUT2D eigenvalue weighted by atomic mass is 32.2. The minimum atomic E-state index is -0.283. The first-order chi connectivity index (χ1) is 12.0. The number of benzene rings is 1. The molecule has 2 aliphatic rings. The lowest BCUT2D eigenvalue weighted by molar-refractivity contribution is -0.132. The fourth-order valence-corrected chi connectivity index (χ4v) is 4.46. The van der Waals surface area contributed by atoms with Gasteiger partial charge in [-0.2, -0.15) is 5.26 Å². The normalized spacial score (nSPS) is 25.6. The van der Waals surface area contributed by atoms with Crippen molar-refractivity contribution in [3.05, 3.63) is 35.4 Å². The fraction of sp³-hybridized carbons (Fsp3) is 0.500. The second kappa shape index (κ2) is 7.46. The number of hydrogen-bond donors (Lipinski definition) is 1. The Labute approximate surface area is 152 Å². The van der Waals surface area contributed by atoms with Crippen molar-refractivity contribution in [2.24, 2.45) is 0 Å². The van der Waals surface area contributed by atoms with E-state index in [0.717, 1.165) is 18.4 Å². The summed E-state index contributed by atoms with van der Waals surface area (Å²) in [5.41, 5.74) is 1.70. The number of nitrogens with zero attached hydrogens (tertiary/aromatic N) is 3. The largest absolute Gasteiger partial charge is 0.345 e. The topological polar surface area (TPSA) is 76.4 Å². The Morgan fingerprint density at radius 2 is 2.04 bits per heavy atom. The van der Waals surface area contributed by atoms with Crippen molar-refractivity contribution in [2.45, 2.75) is 30.3 Å². The second-order valence-corrected chi connectivity index (χ2v) is 7.71. The summed E-state index contributed by atoms with van der Waals surface area (Å²) in [6.45, 7) is 0.673. The lowest BCUT2D eigenvalue weighted by Crippen LogP contribution is -2.46. The monoisotopic (exact) mass is 358 g/mol. The molecule has 25 heavy (non-hydrogen) atoms. The molecule has 0 aromatic heterocycles. The average molecular weight is 358 g/mol. The minimum Gasteiger partial charge on any atom is -0.345 e. The Morgan fingerprint density at radius 3 is 2.68 bits per heavy atom. The number of nitrogens with one attached hydrogen (secondary N) is 1. The molecule has 0 spiro atoms. The number of thioether (sulfide) groups is 1. The van der Waals surface area contributed by atoms with Gasteiger partial charge in [0.1, 0.15) is 6.04 Å². The molecule has 0 radical (unpaired) electrons. The van der Waals surface area contributed by atoms with Gasteiger partial charge in [0, 0.05) is 32.0 Å². The third-order valence-corrected chi connectivity index (χ3v) is 5.90. The number of likely N-dealkylation sites (tertiary alicyclic amines) is 1. The predicted molar refractivity (Wildman–Crippen MR) is 96.9 cm³/mol. The lowest BCUT2D eigenvalue weighted by Gasteiger charge is -2.23. The molecule has 3 atom stereocenters. The van der Waals surface area contributed by atoms with Gasteiger partial charge in [0.25, 0.3) is 5.91 Å². The van der Waals surface area contributed by atoms with Gasteiger partial charge in [0.05, 0.1) is 17.5 Å². The van der Waals surface area contributed by atoms with Gasteiger partial charge in [-0.15, -0.1) is 11.8 Å². The van der Waals surface area contributed by atoms with Crippen LogP contribution in [0.1, 0.15) is 34.1 Å². The first-order valence-electron chi connectivity index (χ1n) is 8.40. The number of rotatable bonds is 3. The van der Waals surface area contributed by atoms with Gasteiger partial charge in [-0.3, -0.25) is 14.9 Å². The number of hydrogen-bond acceptors (Lipinski definition) is 5. The maximum absolute atomic E-state index is 12.7. The first kappa shape index (κ1) is 17.8. The van der Waals surface area contributed by atoms with Gasteiger partial charge in [-0.1, -0.05) is 12.1 Å². The summed E-state index contributed by atoms with van der Waals surface area (Å²) in [6.07, 6.45) is 1.67. The molecule has 2 heterocycles. The van der Waals surface area contributed by atoms with Crippen molar-refractivity contribution in [1.82, 2.24) is 15.1 Å². The molecule has 132 valence electrons. The van der Waals surface area contributed by atoms with E-state index in [1.54, 1.807) is 35.7 Å². The molecule has 2 amide bonds. The third kappa shape index (κ3) is 3.65. The average Bonchev–Trinajstić information content (AvgIpc) is 3.29. The van der Waals surface area contributed by atoms with E-state index in [4.69, 9.17) is 5.26 Å². The summed E-state index contributed by atoms with van der Waals surface area (Å²) in [5, 5.41) is 12.6. The summed E-state index contributed by atoms with van der Waals surface area (Å²) < 4.78 is 0. The van der Waals surface area contributed by atoms with E-state index in [9.17, 15) is 9.59 Å². The van der Waals surface area contributed by atoms with Crippen LogP contribution in [0.25, 0.3) is 0 Å². The van der Waals surface area contributed by atoms with Crippen molar-refractivity contribution in [1.29, 1.82) is 5.26 Å². The van der Waals surface area contributed by atoms with Crippen molar-refractivity contribution >= 4 is 23.6 Å². The van der Waals surface area contributed by atoms with Gasteiger partial charge >= 0.3 is 0 Å². The smallest absolute Gasteiger partial charge is 0.253 e. The van der Waals surface area contributed by atoms with Crippen LogP contribution in [-0.2, 0) is 4.79 Å². The van der Waals surface area contributed by atoms with Gasteiger partial charge < -0.3 is 9.80 Å². The van der Waals surface area contributed by atoms with E-state index >= 15 is 0 Å². The van der Waals surface area contributed by atoms with Crippen LogP contribution in [0, 0.1) is 11.3 Å². The molecule has 2 fully saturated rings. The molecular formula is C18H22N4O2S. The Hall–Kier alpha value is -2.04. The van der Waals surface area contributed by atoms with Crippen LogP contribution in [0.2, 0.25) is 0 Å². The maximum atomic E-state index is 12.7. The molecule has 0 saturated carbocycles. The highest BCUT2D eigenvalue weighted by Gasteiger charge is 2.37. The molecule has 0 bridgehead atoms. The molecule has 0 aliphatic carbocycles. The zero-order chi connectivity index (χ0) is 18.0. The van der Waals surface area contributed by atoms with Crippen molar-refractivity contribution in [3.63, 3.8) is 0 Å². The highest BCUT2D eigenvalue weighted by molar-refractivity contribution is 7.99. The zero-order valence-electron chi connectivity index (χ0n) is 14.4. The van der Waals surface area contributed by atoms with Crippen LogP contribution in [-0.4, -0.2) is 60.1 Å². The molecule has 2 saturated heterocycles. The molecule has 1 aromatic carbocycles. The van der Waals surface area contributed by atoms with Crippen molar-refractivity contribution < 1.29 is 9.59 Å². The number of carbonyl (C=O) groups is 2. The van der Waals surface area contributed by atoms with Crippen molar-refractivity contribution in [2.75, 3.05) is 26.4 Å². The number of amides is 2. The minimum absolute atomic E-state index is 0.0248. The van der Waals surface area contributed by atoms with Crippen LogP contribution < -0.4 is 5.32 Å². The lowest BCUT2D eigenvalue weighted by atomic mass is 10.1. The number of nitriles is 1. The summed E-state index contributed by atoms with van der Waals surface area (Å²) in [4.78, 5) is 27.9. The fourth-order valence-electron chi connectivity index (χ4n) is 3.23. The standard InChI is InChI=1S/C18H22N4O2S/c1-21(2)17(23)13-7-5-12(6-8-13)16-20-15(11-25-16)18(24)22-9-3-4-14(22)10-19/h5-8,14-16,20H,3-4,9,11H2,1-2H3/t14-,15-,16?/m0/s1. The van der Waals surface area contributed by atoms with Gasteiger partial charge in [-0.25, -0.2) is 0 Å². The van der Waals surface area contributed by atoms with E-state index in [1.807, 2.05) is 24.3 Å². The van der Waals surface area contributed by atoms with Crippen molar-refractivity contribution in [3.8, 4) is 6.07 Å². The molecule has 7 heteroatoms. The van der Waals surface area contributed by atoms with E-state index in [2.05, 4.69) is 11.4 Å². The molecule has 1 N–H and O–H groups in total. The highest BCUT2D eigenvalue weighted by Crippen LogP contribution is 2.34. The Bertz CT molecular complexity index is 698. The molecule has 2 aliphatic heterocycles. The Kier molecular flexibility index (Phi) is 5.30. The van der Waals surface area contributed by atoms with E-state index in [1.165, 1.54) is 0 Å². The van der Waals surface area contributed by atoms with Gasteiger partial charge in [0.15, 0.2) is 0 Å². The first-order valence-corrected chi connectivity index (χ1v) is 9.45. The SMILES string of the molecule is CN(C)C(=O)c1ccc(C2N[C@H](C(=O)N3CCC[C@H]3C#N)CS2)cc1. The van der Waals surface area contributed by atoms with Crippen LogP contribution in [0.5, 0.6) is 0 Å². The zero-order valence-corrected chi connectivity index (χ0v) is 15.3. The third-order valence-electron chi connectivity index (χ3n) is 4.63.